The molecule has 1 heterocycles. The van der Waals surface area contributed by atoms with Crippen molar-refractivity contribution >= 4 is 34.2 Å². The van der Waals surface area contributed by atoms with Gasteiger partial charge < -0.3 is 15.2 Å². The molecule has 2 atom stereocenters. The van der Waals surface area contributed by atoms with E-state index in [1.165, 1.54) is 16.9 Å². The summed E-state index contributed by atoms with van der Waals surface area (Å²) in [4.78, 5) is 37.4. The maximum atomic E-state index is 13.0. The van der Waals surface area contributed by atoms with Crippen molar-refractivity contribution in [1.82, 2.24) is 0 Å². The van der Waals surface area contributed by atoms with E-state index in [0.717, 1.165) is 5.56 Å². The lowest BCUT2D eigenvalue weighted by Gasteiger charge is -2.24. The van der Waals surface area contributed by atoms with E-state index in [1.807, 2.05) is 35.7 Å². The molecule has 0 bridgehead atoms. The van der Waals surface area contributed by atoms with Crippen LogP contribution in [0.2, 0.25) is 0 Å². The molecule has 1 aromatic heterocycles. The third-order valence-corrected chi connectivity index (χ3v) is 6.55. The molecule has 0 unspecified atom stereocenters. The first-order chi connectivity index (χ1) is 15.1. The van der Waals surface area contributed by atoms with E-state index >= 15 is 0 Å². The van der Waals surface area contributed by atoms with Crippen LogP contribution in [0.1, 0.15) is 56.5 Å². The number of carbonyl (C=O) groups is 3. The second-order valence-corrected chi connectivity index (χ2v) is 9.76. The van der Waals surface area contributed by atoms with Gasteiger partial charge in [-0.3, -0.25) is 9.59 Å². The minimum atomic E-state index is -0.995. The number of nitrogens with one attached hydrogen (secondary N) is 1. The molecule has 1 amide bonds. The van der Waals surface area contributed by atoms with Gasteiger partial charge in [-0.15, -0.1) is 11.3 Å². The minimum absolute atomic E-state index is 0.00536. The van der Waals surface area contributed by atoms with Crippen molar-refractivity contribution in [2.45, 2.75) is 46.0 Å². The Morgan fingerprint density at radius 2 is 1.72 bits per heavy atom. The number of allylic oxidation sites excluding steroid dienone is 2. The van der Waals surface area contributed by atoms with Crippen LogP contribution in [0, 0.1) is 11.8 Å². The SMILES string of the molecule is CCOC(=O)c1c(-c2ccc(C(C)(C)C)cc2)csc1NC(=O)[C@@H]1CC=CC[C@@H]1C(=O)O. The number of carboxylic acid groups (broad SMARTS) is 1. The molecule has 170 valence electrons. The summed E-state index contributed by atoms with van der Waals surface area (Å²) in [6, 6.07) is 7.99. The average molecular weight is 456 g/mol. The summed E-state index contributed by atoms with van der Waals surface area (Å²) in [6.45, 7) is 8.34. The van der Waals surface area contributed by atoms with Crippen molar-refractivity contribution in [3.05, 3.63) is 52.9 Å². The lowest BCUT2D eigenvalue weighted by Crippen LogP contribution is -2.34. The topological polar surface area (TPSA) is 92.7 Å². The summed E-state index contributed by atoms with van der Waals surface area (Å²) in [5, 5.41) is 14.5. The highest BCUT2D eigenvalue weighted by atomic mass is 32.1. The Morgan fingerprint density at radius 3 is 2.28 bits per heavy atom. The van der Waals surface area contributed by atoms with Gasteiger partial charge in [-0.25, -0.2) is 4.79 Å². The van der Waals surface area contributed by atoms with Gasteiger partial charge >= 0.3 is 11.9 Å². The Balaban J connectivity index is 1.94. The third kappa shape index (κ3) is 5.10. The van der Waals surface area contributed by atoms with Gasteiger partial charge in [0.05, 0.1) is 18.4 Å². The van der Waals surface area contributed by atoms with Crippen LogP contribution in [0.4, 0.5) is 5.00 Å². The van der Waals surface area contributed by atoms with E-state index in [2.05, 4.69) is 26.1 Å². The highest BCUT2D eigenvalue weighted by Gasteiger charge is 2.35. The lowest BCUT2D eigenvalue weighted by molar-refractivity contribution is -0.146. The standard InChI is InChI=1S/C25H29NO5S/c1-5-31-24(30)20-19(15-10-12-16(13-11-15)25(2,3)4)14-32-22(20)26-21(27)17-8-6-7-9-18(17)23(28)29/h6-7,10-14,17-18H,5,8-9H2,1-4H3,(H,26,27)(H,28,29)/t17-,18+/m1/s1. The molecule has 2 aromatic rings. The van der Waals surface area contributed by atoms with Crippen LogP contribution in [0.3, 0.4) is 0 Å². The maximum Gasteiger partial charge on any atom is 0.341 e. The molecule has 0 fully saturated rings. The van der Waals surface area contributed by atoms with Crippen LogP contribution in [-0.4, -0.2) is 29.6 Å². The van der Waals surface area contributed by atoms with Crippen LogP contribution < -0.4 is 5.32 Å². The van der Waals surface area contributed by atoms with Gasteiger partial charge in [-0.1, -0.05) is 57.2 Å². The third-order valence-electron chi connectivity index (χ3n) is 5.66. The maximum absolute atomic E-state index is 13.0. The average Bonchev–Trinajstić information content (AvgIpc) is 3.17. The zero-order chi connectivity index (χ0) is 23.5. The number of carbonyl (C=O) groups excluding carboxylic acids is 2. The highest BCUT2D eigenvalue weighted by Crippen LogP contribution is 2.38. The Bertz CT molecular complexity index is 1030. The van der Waals surface area contributed by atoms with Gasteiger partial charge in [-0.05, 0) is 36.3 Å². The number of ether oxygens (including phenoxy) is 1. The van der Waals surface area contributed by atoms with Crippen molar-refractivity contribution in [3.8, 4) is 11.1 Å². The number of aliphatic carboxylic acids is 1. The first-order valence-corrected chi connectivity index (χ1v) is 11.6. The zero-order valence-electron chi connectivity index (χ0n) is 18.8. The second kappa shape index (κ2) is 9.69. The van der Waals surface area contributed by atoms with E-state index in [9.17, 15) is 19.5 Å². The largest absolute Gasteiger partial charge is 0.481 e. The molecule has 2 N–H and O–H groups in total. The van der Waals surface area contributed by atoms with Crippen molar-refractivity contribution in [3.63, 3.8) is 0 Å². The molecule has 0 aliphatic heterocycles. The van der Waals surface area contributed by atoms with Gasteiger partial charge in [0.25, 0.3) is 0 Å². The predicted molar refractivity (Wildman–Crippen MR) is 126 cm³/mol. The number of anilines is 1. The van der Waals surface area contributed by atoms with Gasteiger partial charge in [0, 0.05) is 10.9 Å². The Morgan fingerprint density at radius 1 is 1.09 bits per heavy atom. The van der Waals surface area contributed by atoms with E-state index in [0.29, 0.717) is 29.0 Å². The number of thiophene rings is 1. The fraction of sp³-hybridized carbons (Fsp3) is 0.400. The summed E-state index contributed by atoms with van der Waals surface area (Å²) in [6.07, 6.45) is 4.28. The van der Waals surface area contributed by atoms with Crippen molar-refractivity contribution in [2.75, 3.05) is 11.9 Å². The molecule has 0 spiro atoms. The van der Waals surface area contributed by atoms with E-state index < -0.39 is 29.7 Å². The van der Waals surface area contributed by atoms with E-state index in [1.54, 1.807) is 13.0 Å². The number of hydrogen-bond acceptors (Lipinski definition) is 5. The van der Waals surface area contributed by atoms with Gasteiger partial charge in [0.1, 0.15) is 10.6 Å². The smallest absolute Gasteiger partial charge is 0.341 e. The number of amides is 1. The number of rotatable bonds is 6. The number of carboxylic acids is 1. The van der Waals surface area contributed by atoms with Gasteiger partial charge in [0.2, 0.25) is 5.91 Å². The van der Waals surface area contributed by atoms with Crippen molar-refractivity contribution in [2.24, 2.45) is 11.8 Å². The molecule has 1 aliphatic rings. The van der Waals surface area contributed by atoms with Crippen LogP contribution in [-0.2, 0) is 19.7 Å². The Labute approximate surface area is 192 Å². The van der Waals surface area contributed by atoms with E-state index in [4.69, 9.17) is 4.74 Å². The normalized spacial score (nSPS) is 18.2. The van der Waals surface area contributed by atoms with Crippen LogP contribution >= 0.6 is 11.3 Å². The molecule has 1 aliphatic carbocycles. The molecular formula is C25H29NO5S. The highest BCUT2D eigenvalue weighted by molar-refractivity contribution is 7.15. The molecule has 1 aromatic carbocycles. The molecule has 0 radical (unpaired) electrons. The number of hydrogen-bond donors (Lipinski definition) is 2. The summed E-state index contributed by atoms with van der Waals surface area (Å²) in [7, 11) is 0. The van der Waals surface area contributed by atoms with Gasteiger partial charge in [0.15, 0.2) is 0 Å². The monoisotopic (exact) mass is 455 g/mol. The number of esters is 1. The Kier molecular flexibility index (Phi) is 7.19. The molecule has 0 saturated carbocycles. The van der Waals surface area contributed by atoms with Crippen LogP contribution in [0.25, 0.3) is 11.1 Å². The summed E-state index contributed by atoms with van der Waals surface area (Å²) < 4.78 is 5.26. The first kappa shape index (κ1) is 23.7. The van der Waals surface area contributed by atoms with Crippen LogP contribution in [0.15, 0.2) is 41.8 Å². The van der Waals surface area contributed by atoms with Gasteiger partial charge in [-0.2, -0.15) is 0 Å². The quantitative estimate of drug-likeness (QED) is 0.443. The summed E-state index contributed by atoms with van der Waals surface area (Å²) in [5.74, 6) is -3.38. The zero-order valence-corrected chi connectivity index (χ0v) is 19.6. The van der Waals surface area contributed by atoms with E-state index in [-0.39, 0.29) is 12.0 Å². The fourth-order valence-electron chi connectivity index (χ4n) is 3.80. The molecular weight excluding hydrogens is 426 g/mol. The number of benzene rings is 1. The summed E-state index contributed by atoms with van der Waals surface area (Å²) >= 11 is 1.24. The molecule has 32 heavy (non-hydrogen) atoms. The first-order valence-electron chi connectivity index (χ1n) is 10.7. The molecule has 6 nitrogen and oxygen atoms in total. The minimum Gasteiger partial charge on any atom is -0.481 e. The molecule has 7 heteroatoms. The van der Waals surface area contributed by atoms with Crippen molar-refractivity contribution in [1.29, 1.82) is 0 Å². The predicted octanol–water partition coefficient (Wildman–Crippen LogP) is 5.49. The van der Waals surface area contributed by atoms with Crippen LogP contribution in [0.5, 0.6) is 0 Å². The molecule has 0 saturated heterocycles. The summed E-state index contributed by atoms with van der Waals surface area (Å²) in [5.41, 5.74) is 3.01. The second-order valence-electron chi connectivity index (χ2n) is 8.88. The Hall–Kier alpha value is -2.93. The lowest BCUT2D eigenvalue weighted by atomic mass is 9.82. The van der Waals surface area contributed by atoms with Crippen molar-refractivity contribution < 1.29 is 24.2 Å². The fourth-order valence-corrected chi connectivity index (χ4v) is 4.76. The molecule has 3 rings (SSSR count).